The van der Waals surface area contributed by atoms with E-state index in [1.165, 1.54) is 16.7 Å². The Labute approximate surface area is 152 Å². The van der Waals surface area contributed by atoms with Gasteiger partial charge in [0.25, 0.3) is 0 Å². The first-order valence-electron chi connectivity index (χ1n) is 6.75. The summed E-state index contributed by atoms with van der Waals surface area (Å²) in [5.41, 5.74) is 5.08. The second kappa shape index (κ2) is 8.00. The quantitative estimate of drug-likeness (QED) is 0.634. The molecule has 1 aromatic heterocycles. The van der Waals surface area contributed by atoms with E-state index in [0.717, 1.165) is 12.1 Å². The summed E-state index contributed by atoms with van der Waals surface area (Å²) in [5, 5.41) is 0. The van der Waals surface area contributed by atoms with Crippen molar-refractivity contribution >= 4 is 5.57 Å². The standard InChI is InChI=1S/C18H16N.2ClH.Cr/c1-14-16(13-17-9-5-6-12-19-17)10-11-18(14)15-7-3-2-4-8-15;;;/h2-12H,13H2,1H3;2*1H;/q;;;+2/p-2. The summed E-state index contributed by atoms with van der Waals surface area (Å²) in [7, 11) is 0. The van der Waals surface area contributed by atoms with Crippen molar-refractivity contribution in [1.29, 1.82) is 0 Å². The van der Waals surface area contributed by atoms with E-state index in [0.29, 0.717) is 0 Å². The van der Waals surface area contributed by atoms with Crippen LogP contribution >= 0.6 is 0 Å². The minimum absolute atomic E-state index is 0. The summed E-state index contributed by atoms with van der Waals surface area (Å²) in [6, 6.07) is 16.6. The second-order valence-corrected chi connectivity index (χ2v) is 6.26. The summed E-state index contributed by atoms with van der Waals surface area (Å²) in [6.45, 7) is 2.21. The topological polar surface area (TPSA) is 12.9 Å². The Balaban J connectivity index is 0.00000121. The van der Waals surface area contributed by atoms with E-state index >= 15 is 0 Å². The van der Waals surface area contributed by atoms with Gasteiger partial charge in [-0.1, -0.05) is 0 Å². The zero-order chi connectivity index (χ0) is 14.0. The molecule has 113 valence electrons. The van der Waals surface area contributed by atoms with E-state index in [4.69, 9.17) is 0 Å². The predicted octanol–water partition coefficient (Wildman–Crippen LogP) is -1.62. The van der Waals surface area contributed by atoms with Crippen LogP contribution in [0.25, 0.3) is 5.57 Å². The van der Waals surface area contributed by atoms with Gasteiger partial charge in [-0.25, -0.2) is 0 Å². The third-order valence-electron chi connectivity index (χ3n) is 3.81. The molecule has 0 bridgehead atoms. The Hall–Kier alpha value is -1.04. The smallest absolute Gasteiger partial charge is 1.00 e. The van der Waals surface area contributed by atoms with Gasteiger partial charge in [0.1, 0.15) is 0 Å². The molecule has 0 radical (unpaired) electrons. The molecule has 1 atom stereocenters. The zero-order valence-electron chi connectivity index (χ0n) is 12.2. The molecular formula is C18H16Cl2CrN. The van der Waals surface area contributed by atoms with E-state index in [2.05, 4.69) is 76.7 Å². The molecule has 22 heavy (non-hydrogen) atoms. The van der Waals surface area contributed by atoms with Crippen LogP contribution in [0.3, 0.4) is 0 Å². The van der Waals surface area contributed by atoms with Crippen LogP contribution in [0.4, 0.5) is 0 Å². The first-order chi connectivity index (χ1) is 9.69. The van der Waals surface area contributed by atoms with Gasteiger partial charge in [-0.15, -0.1) is 0 Å². The summed E-state index contributed by atoms with van der Waals surface area (Å²) >= 11 is 3.37. The van der Waals surface area contributed by atoms with E-state index in [1.54, 1.807) is 0 Å². The van der Waals surface area contributed by atoms with Crippen LogP contribution in [-0.2, 0) is 22.7 Å². The van der Waals surface area contributed by atoms with E-state index in [9.17, 15) is 0 Å². The maximum atomic E-state index is 4.44. The zero-order valence-corrected chi connectivity index (χ0v) is 15.0. The number of allylic oxidation sites excluding steroid dienone is 4. The van der Waals surface area contributed by atoms with Crippen LogP contribution < -0.4 is 24.8 Å². The maximum absolute atomic E-state index is 4.44. The largest absolute Gasteiger partial charge is 1.00 e. The van der Waals surface area contributed by atoms with Crippen LogP contribution in [-0.4, -0.2) is 4.98 Å². The second-order valence-electron chi connectivity index (χ2n) is 5.13. The molecule has 0 aliphatic heterocycles. The molecular weight excluding hydrogens is 353 g/mol. The molecule has 1 aliphatic rings. The van der Waals surface area contributed by atoms with Crippen molar-refractivity contribution in [3.63, 3.8) is 0 Å². The summed E-state index contributed by atoms with van der Waals surface area (Å²) in [6.07, 6.45) is 7.24. The van der Waals surface area contributed by atoms with Gasteiger partial charge in [0, 0.05) is 0 Å². The van der Waals surface area contributed by atoms with Crippen molar-refractivity contribution in [2.24, 2.45) is 0 Å². The average molecular weight is 369 g/mol. The molecule has 3 rings (SSSR count). The predicted molar refractivity (Wildman–Crippen MR) is 78.8 cm³/mol. The van der Waals surface area contributed by atoms with Crippen molar-refractivity contribution in [3.8, 4) is 0 Å². The molecule has 0 saturated carbocycles. The van der Waals surface area contributed by atoms with Crippen molar-refractivity contribution in [2.45, 2.75) is 17.6 Å². The molecule has 0 saturated heterocycles. The molecule has 1 aliphatic carbocycles. The Morgan fingerprint density at radius 1 is 1.00 bits per heavy atom. The van der Waals surface area contributed by atoms with Crippen LogP contribution in [0, 0.1) is 0 Å². The van der Waals surface area contributed by atoms with Crippen LogP contribution in [0.2, 0.25) is 4.28 Å². The van der Waals surface area contributed by atoms with Gasteiger partial charge in [-0.05, 0) is 0 Å². The van der Waals surface area contributed by atoms with Crippen LogP contribution in [0.15, 0.2) is 72.5 Å². The molecule has 0 amide bonds. The maximum Gasteiger partial charge on any atom is -1.00 e. The summed E-state index contributed by atoms with van der Waals surface area (Å²) < 4.78 is -0.0560. The van der Waals surface area contributed by atoms with Gasteiger partial charge in [0.2, 0.25) is 0 Å². The number of halogens is 2. The minimum Gasteiger partial charge on any atom is -1.00 e. The van der Waals surface area contributed by atoms with Crippen molar-refractivity contribution in [3.05, 3.63) is 83.7 Å². The number of hydrogen-bond donors (Lipinski definition) is 0. The molecule has 1 nitrogen and oxygen atoms in total. The van der Waals surface area contributed by atoms with Gasteiger partial charge in [-0.3, -0.25) is 0 Å². The molecule has 1 aromatic carbocycles. The molecule has 0 spiro atoms. The fraction of sp³-hybridized carbons (Fsp3) is 0.167. The van der Waals surface area contributed by atoms with E-state index in [1.807, 2.05) is 18.3 Å². The van der Waals surface area contributed by atoms with Gasteiger partial charge < -0.3 is 24.8 Å². The number of nitrogens with zero attached hydrogens (tertiary/aromatic N) is 1. The molecule has 0 fully saturated rings. The third-order valence-corrected chi connectivity index (χ3v) is 4.73. The Kier molecular flexibility index (Phi) is 6.91. The average Bonchev–Trinajstić information content (AvgIpc) is 2.77. The summed E-state index contributed by atoms with van der Waals surface area (Å²) in [4.78, 5) is 4.44. The fourth-order valence-corrected chi connectivity index (χ4v) is 3.10. The monoisotopic (exact) mass is 368 g/mol. The van der Waals surface area contributed by atoms with Crippen molar-refractivity contribution in [2.75, 3.05) is 0 Å². The minimum atomic E-state index is -0.0560. The van der Waals surface area contributed by atoms with Crippen LogP contribution in [0.5, 0.6) is 0 Å². The summed E-state index contributed by atoms with van der Waals surface area (Å²) in [5.74, 6) is 0. The number of pyridine rings is 1. The first-order valence-corrected chi connectivity index (χ1v) is 7.39. The molecule has 2 aromatic rings. The van der Waals surface area contributed by atoms with E-state index < -0.39 is 0 Å². The van der Waals surface area contributed by atoms with E-state index in [-0.39, 0.29) is 29.1 Å². The number of rotatable bonds is 3. The van der Waals surface area contributed by atoms with Gasteiger partial charge in [0.05, 0.1) is 0 Å². The van der Waals surface area contributed by atoms with Crippen LogP contribution in [0.1, 0.15) is 18.2 Å². The Morgan fingerprint density at radius 3 is 2.32 bits per heavy atom. The normalized spacial score (nSPS) is 19.5. The van der Waals surface area contributed by atoms with Gasteiger partial charge in [0.15, 0.2) is 0 Å². The number of aromatic nitrogens is 1. The fourth-order valence-electron chi connectivity index (χ4n) is 2.59. The third kappa shape index (κ3) is 3.83. The molecule has 1 unspecified atom stereocenters. The van der Waals surface area contributed by atoms with Gasteiger partial charge >= 0.3 is 128 Å². The van der Waals surface area contributed by atoms with Gasteiger partial charge in [-0.2, -0.15) is 0 Å². The van der Waals surface area contributed by atoms with Crippen molar-refractivity contribution in [1.82, 2.24) is 4.98 Å². The van der Waals surface area contributed by atoms with Crippen molar-refractivity contribution < 1.29 is 41.1 Å². The SMILES string of the molecule is CC1=C(c2ccccc2)C=C[C]1([Cr+2])Cc1ccccn1.[Cl-].[Cl-]. The molecule has 4 heteroatoms. The Bertz CT molecular complexity index is 668. The number of benzene rings is 1. The number of hydrogen-bond acceptors (Lipinski definition) is 1. The molecule has 1 heterocycles. The Morgan fingerprint density at radius 2 is 1.68 bits per heavy atom. The molecule has 0 N–H and O–H groups in total. The first kappa shape index (κ1) is 19.0.